The lowest BCUT2D eigenvalue weighted by Gasteiger charge is -2.43. The molecule has 1 fully saturated rings. The molecular weight excluding hydrogens is 332 g/mol. The van der Waals surface area contributed by atoms with Crippen LogP contribution < -0.4 is 0 Å². The van der Waals surface area contributed by atoms with Crippen molar-refractivity contribution in [1.29, 1.82) is 0 Å². The lowest BCUT2D eigenvalue weighted by Crippen LogP contribution is -2.44. The average Bonchev–Trinajstić information content (AvgIpc) is 3.25. The zero-order chi connectivity index (χ0) is 17.4. The van der Waals surface area contributed by atoms with Gasteiger partial charge in [-0.1, -0.05) is 25.5 Å². The third-order valence-corrected chi connectivity index (χ3v) is 7.10. The van der Waals surface area contributed by atoms with Crippen molar-refractivity contribution in [3.8, 4) is 0 Å². The van der Waals surface area contributed by atoms with Crippen LogP contribution in [0.2, 0.25) is 0 Å². The Balaban J connectivity index is 1.59. The second kappa shape index (κ2) is 6.86. The van der Waals surface area contributed by atoms with Crippen LogP contribution in [0.4, 0.5) is 0 Å². The molecule has 5 heteroatoms. The van der Waals surface area contributed by atoms with Gasteiger partial charge in [0.1, 0.15) is 0 Å². The highest BCUT2D eigenvalue weighted by molar-refractivity contribution is 7.14. The summed E-state index contributed by atoms with van der Waals surface area (Å²) in [5.74, 6) is 0.200. The maximum absolute atomic E-state index is 13.1. The number of fused-ring (bicyclic) bond motifs is 2. The number of piperidine rings is 1. The van der Waals surface area contributed by atoms with Crippen LogP contribution in [0.3, 0.4) is 0 Å². The minimum Gasteiger partial charge on any atom is -0.370 e. The second-order valence-electron chi connectivity index (χ2n) is 7.59. The molecule has 1 amide bonds. The first-order valence-corrected chi connectivity index (χ1v) is 10.4. The van der Waals surface area contributed by atoms with E-state index in [4.69, 9.17) is 4.74 Å². The van der Waals surface area contributed by atoms with E-state index < -0.39 is 0 Å². The predicted molar refractivity (Wildman–Crippen MR) is 101 cm³/mol. The van der Waals surface area contributed by atoms with E-state index in [9.17, 15) is 4.79 Å². The van der Waals surface area contributed by atoms with E-state index in [1.165, 1.54) is 10.4 Å². The Hall–Kier alpha value is -1.17. The van der Waals surface area contributed by atoms with E-state index in [2.05, 4.69) is 37.1 Å². The Morgan fingerprint density at radius 3 is 2.96 bits per heavy atom. The molecule has 0 saturated carbocycles. The second-order valence-corrected chi connectivity index (χ2v) is 8.72. The van der Waals surface area contributed by atoms with Crippen LogP contribution in [0.1, 0.15) is 52.7 Å². The lowest BCUT2D eigenvalue weighted by atomic mass is 9.82. The molecule has 0 aliphatic carbocycles. The molecule has 1 unspecified atom stereocenters. The standard InChI is InChI=1S/C20H28N2O2S/c1-3-5-15-6-4-10-22(15)19(23)18-14-16-17(25-18)7-13-24-20(16)8-11-21(2)12-9-20/h4,6,14-15H,3,5,7-13H2,1-2H3. The number of hydrogen-bond donors (Lipinski definition) is 0. The van der Waals surface area contributed by atoms with Gasteiger partial charge in [0.2, 0.25) is 0 Å². The molecule has 0 aromatic carbocycles. The van der Waals surface area contributed by atoms with Gasteiger partial charge in [-0.15, -0.1) is 11.3 Å². The summed E-state index contributed by atoms with van der Waals surface area (Å²) in [4.78, 5) is 19.8. The molecule has 3 aliphatic heterocycles. The molecule has 0 bridgehead atoms. The molecule has 1 aromatic heterocycles. The molecule has 25 heavy (non-hydrogen) atoms. The van der Waals surface area contributed by atoms with E-state index in [1.54, 1.807) is 11.3 Å². The summed E-state index contributed by atoms with van der Waals surface area (Å²) in [6.07, 6.45) is 9.48. The van der Waals surface area contributed by atoms with Crippen molar-refractivity contribution in [3.63, 3.8) is 0 Å². The van der Waals surface area contributed by atoms with E-state index >= 15 is 0 Å². The Morgan fingerprint density at radius 1 is 1.40 bits per heavy atom. The fourth-order valence-corrected chi connectivity index (χ4v) is 5.60. The minimum atomic E-state index is -0.152. The van der Waals surface area contributed by atoms with Crippen LogP contribution in [0, 0.1) is 0 Å². The van der Waals surface area contributed by atoms with Gasteiger partial charge in [-0.2, -0.15) is 0 Å². The fraction of sp³-hybridized carbons (Fsp3) is 0.650. The van der Waals surface area contributed by atoms with Gasteiger partial charge in [0.25, 0.3) is 5.91 Å². The first-order valence-electron chi connectivity index (χ1n) is 9.56. The van der Waals surface area contributed by atoms with Gasteiger partial charge in [0.05, 0.1) is 23.1 Å². The molecule has 4 nitrogen and oxygen atoms in total. The third-order valence-electron chi connectivity index (χ3n) is 5.92. The van der Waals surface area contributed by atoms with Crippen LogP contribution in [-0.2, 0) is 16.8 Å². The highest BCUT2D eigenvalue weighted by Crippen LogP contribution is 2.44. The maximum atomic E-state index is 13.1. The summed E-state index contributed by atoms with van der Waals surface area (Å²) in [5, 5.41) is 0. The monoisotopic (exact) mass is 360 g/mol. The van der Waals surface area contributed by atoms with Crippen molar-refractivity contribution in [1.82, 2.24) is 9.80 Å². The molecule has 1 saturated heterocycles. The van der Waals surface area contributed by atoms with Gasteiger partial charge in [-0.05, 0) is 37.9 Å². The van der Waals surface area contributed by atoms with Gasteiger partial charge in [0.15, 0.2) is 0 Å². The number of amides is 1. The minimum absolute atomic E-state index is 0.152. The van der Waals surface area contributed by atoms with E-state index in [-0.39, 0.29) is 17.6 Å². The highest BCUT2D eigenvalue weighted by atomic mass is 32.1. The van der Waals surface area contributed by atoms with Crippen LogP contribution in [-0.4, -0.2) is 55.0 Å². The van der Waals surface area contributed by atoms with Crippen molar-refractivity contribution < 1.29 is 9.53 Å². The summed E-state index contributed by atoms with van der Waals surface area (Å²) in [7, 11) is 2.17. The summed E-state index contributed by atoms with van der Waals surface area (Å²) in [6.45, 7) is 5.84. The Labute approximate surface area is 154 Å². The summed E-state index contributed by atoms with van der Waals surface area (Å²) in [6, 6.07) is 2.43. The van der Waals surface area contributed by atoms with E-state index in [1.807, 2.05) is 4.90 Å². The molecule has 1 atom stereocenters. The smallest absolute Gasteiger partial charge is 0.264 e. The molecule has 4 rings (SSSR count). The SMILES string of the molecule is CCCC1C=CCN1C(=O)c1cc2c(s1)CCOC21CCN(C)CC1. The van der Waals surface area contributed by atoms with Crippen molar-refractivity contribution in [2.75, 3.05) is 33.3 Å². The van der Waals surface area contributed by atoms with Crippen LogP contribution >= 0.6 is 11.3 Å². The number of carbonyl (C=O) groups excluding carboxylic acids is 1. The highest BCUT2D eigenvalue weighted by Gasteiger charge is 2.42. The normalized spacial score (nSPS) is 25.5. The molecule has 4 heterocycles. The fourth-order valence-electron chi connectivity index (χ4n) is 4.41. The number of hydrogen-bond acceptors (Lipinski definition) is 4. The summed E-state index contributed by atoms with van der Waals surface area (Å²) in [5.41, 5.74) is 1.15. The number of rotatable bonds is 3. The molecule has 1 spiro atoms. The van der Waals surface area contributed by atoms with Gasteiger partial charge in [-0.3, -0.25) is 4.79 Å². The predicted octanol–water partition coefficient (Wildman–Crippen LogP) is 3.42. The largest absolute Gasteiger partial charge is 0.370 e. The van der Waals surface area contributed by atoms with E-state index in [0.29, 0.717) is 0 Å². The maximum Gasteiger partial charge on any atom is 0.264 e. The van der Waals surface area contributed by atoms with Gasteiger partial charge < -0.3 is 14.5 Å². The zero-order valence-corrected chi connectivity index (χ0v) is 16.1. The molecule has 136 valence electrons. The Kier molecular flexibility index (Phi) is 4.73. The van der Waals surface area contributed by atoms with E-state index in [0.717, 1.165) is 63.2 Å². The van der Waals surface area contributed by atoms with Crippen LogP contribution in [0.5, 0.6) is 0 Å². The van der Waals surface area contributed by atoms with Crippen molar-refractivity contribution in [2.24, 2.45) is 0 Å². The number of nitrogens with zero attached hydrogens (tertiary/aromatic N) is 2. The van der Waals surface area contributed by atoms with Gasteiger partial charge >= 0.3 is 0 Å². The molecule has 1 aromatic rings. The molecular formula is C20H28N2O2S. The first-order chi connectivity index (χ1) is 12.1. The Bertz CT molecular complexity index is 673. The summed E-state index contributed by atoms with van der Waals surface area (Å²) < 4.78 is 6.30. The first kappa shape index (κ1) is 17.3. The van der Waals surface area contributed by atoms with Crippen LogP contribution in [0.25, 0.3) is 0 Å². The van der Waals surface area contributed by atoms with Crippen molar-refractivity contribution >= 4 is 17.2 Å². The van der Waals surface area contributed by atoms with Crippen LogP contribution in [0.15, 0.2) is 18.2 Å². The van der Waals surface area contributed by atoms with Gasteiger partial charge in [0, 0.05) is 30.9 Å². The Morgan fingerprint density at radius 2 is 2.20 bits per heavy atom. The summed E-state index contributed by atoms with van der Waals surface area (Å²) >= 11 is 1.71. The topological polar surface area (TPSA) is 32.8 Å². The number of carbonyl (C=O) groups is 1. The molecule has 3 aliphatic rings. The number of likely N-dealkylation sites (tertiary alicyclic amines) is 1. The zero-order valence-electron chi connectivity index (χ0n) is 15.3. The lowest BCUT2D eigenvalue weighted by molar-refractivity contribution is -0.0942. The molecule has 0 radical (unpaired) electrons. The van der Waals surface area contributed by atoms with Crippen molar-refractivity contribution in [3.05, 3.63) is 33.5 Å². The third kappa shape index (κ3) is 3.07. The number of thiophene rings is 1. The quantitative estimate of drug-likeness (QED) is 0.774. The average molecular weight is 361 g/mol. The van der Waals surface area contributed by atoms with Crippen molar-refractivity contribution in [2.45, 2.75) is 50.7 Å². The van der Waals surface area contributed by atoms with Gasteiger partial charge in [-0.25, -0.2) is 0 Å². The molecule has 0 N–H and O–H groups in total. The number of ether oxygens (including phenoxy) is 1.